The Labute approximate surface area is 103 Å². The summed E-state index contributed by atoms with van der Waals surface area (Å²) in [6, 6.07) is 1.02. The number of hydrogen-bond donors (Lipinski definition) is 2. The molecule has 6 nitrogen and oxygen atoms in total. The summed E-state index contributed by atoms with van der Waals surface area (Å²) in [5, 5.41) is 11.1. The second kappa shape index (κ2) is 4.23. The Hall–Kier alpha value is -1.21. The maximum Gasteiger partial charge on any atom is 0.282 e. The number of likely N-dealkylation sites (tertiary alicyclic amines) is 1. The molecule has 3 N–H and O–H groups in total. The molecule has 1 aliphatic heterocycles. The second-order valence-electron chi connectivity index (χ2n) is 4.63. The Morgan fingerprint density at radius 2 is 2.24 bits per heavy atom. The molecular formula is C10H15N5OS. The van der Waals surface area contributed by atoms with Crippen LogP contribution in [0.4, 0.5) is 5.13 Å². The molecule has 0 bridgehead atoms. The number of carbonyl (C=O) groups excluding carboxylic acids is 1. The molecular weight excluding hydrogens is 238 g/mol. The highest BCUT2D eigenvalue weighted by molar-refractivity contribution is 7.16. The van der Waals surface area contributed by atoms with Crippen LogP contribution in [0, 0.1) is 0 Å². The van der Waals surface area contributed by atoms with Gasteiger partial charge in [0.15, 0.2) is 0 Å². The normalized spacial score (nSPS) is 25.1. The number of nitrogen functional groups attached to an aromatic ring is 1. The lowest BCUT2D eigenvalue weighted by atomic mass is 10.2. The van der Waals surface area contributed by atoms with Gasteiger partial charge in [0.05, 0.1) is 0 Å². The highest BCUT2D eigenvalue weighted by Crippen LogP contribution is 2.29. The second-order valence-corrected chi connectivity index (χ2v) is 5.64. The van der Waals surface area contributed by atoms with Crippen molar-refractivity contribution in [3.05, 3.63) is 5.01 Å². The molecule has 1 aromatic rings. The van der Waals surface area contributed by atoms with Crippen molar-refractivity contribution in [3.8, 4) is 0 Å². The summed E-state index contributed by atoms with van der Waals surface area (Å²) >= 11 is 1.13. The van der Waals surface area contributed by atoms with Crippen molar-refractivity contribution in [2.24, 2.45) is 0 Å². The van der Waals surface area contributed by atoms with Gasteiger partial charge in [0.1, 0.15) is 0 Å². The van der Waals surface area contributed by atoms with E-state index in [1.54, 1.807) is 0 Å². The fraction of sp³-hybridized carbons (Fsp3) is 0.700. The van der Waals surface area contributed by atoms with Gasteiger partial charge < -0.3 is 11.1 Å². The lowest BCUT2D eigenvalue weighted by molar-refractivity contribution is 0.0936. The molecule has 1 unspecified atom stereocenters. The molecule has 1 aromatic heterocycles. The largest absolute Gasteiger partial charge is 0.374 e. The van der Waals surface area contributed by atoms with Crippen LogP contribution in [-0.2, 0) is 0 Å². The summed E-state index contributed by atoms with van der Waals surface area (Å²) < 4.78 is 0. The van der Waals surface area contributed by atoms with Gasteiger partial charge in [0.2, 0.25) is 10.1 Å². The fourth-order valence-electron chi connectivity index (χ4n) is 2.25. The highest BCUT2D eigenvalue weighted by Gasteiger charge is 2.35. The Morgan fingerprint density at radius 3 is 2.88 bits per heavy atom. The zero-order valence-electron chi connectivity index (χ0n) is 9.43. The van der Waals surface area contributed by atoms with E-state index in [2.05, 4.69) is 20.4 Å². The van der Waals surface area contributed by atoms with Crippen molar-refractivity contribution >= 4 is 22.4 Å². The molecule has 92 valence electrons. The Bertz CT molecular complexity index is 430. The molecule has 1 saturated heterocycles. The van der Waals surface area contributed by atoms with Crippen LogP contribution in [0.2, 0.25) is 0 Å². The lowest BCUT2D eigenvalue weighted by Crippen LogP contribution is -2.37. The molecule has 7 heteroatoms. The molecule has 17 heavy (non-hydrogen) atoms. The van der Waals surface area contributed by atoms with E-state index in [4.69, 9.17) is 5.73 Å². The summed E-state index contributed by atoms with van der Waals surface area (Å²) in [5.41, 5.74) is 5.45. The first kappa shape index (κ1) is 10.9. The van der Waals surface area contributed by atoms with Crippen LogP contribution >= 0.6 is 11.3 Å². The third-order valence-electron chi connectivity index (χ3n) is 3.25. The van der Waals surface area contributed by atoms with E-state index >= 15 is 0 Å². The maximum atomic E-state index is 11.8. The zero-order chi connectivity index (χ0) is 11.8. The van der Waals surface area contributed by atoms with Crippen LogP contribution in [-0.4, -0.2) is 46.2 Å². The number of nitrogens with two attached hydrogens (primary N) is 1. The molecule has 1 atom stereocenters. The number of hydrogen-bond acceptors (Lipinski definition) is 6. The first-order chi connectivity index (χ1) is 8.22. The monoisotopic (exact) mass is 253 g/mol. The maximum absolute atomic E-state index is 11.8. The first-order valence-corrected chi connectivity index (χ1v) is 6.68. The molecule has 2 heterocycles. The van der Waals surface area contributed by atoms with Crippen molar-refractivity contribution < 1.29 is 4.79 Å². The Balaban J connectivity index is 1.55. The minimum Gasteiger partial charge on any atom is -0.374 e. The smallest absolute Gasteiger partial charge is 0.282 e. The number of nitrogens with zero attached hydrogens (tertiary/aromatic N) is 3. The van der Waals surface area contributed by atoms with E-state index in [-0.39, 0.29) is 11.9 Å². The van der Waals surface area contributed by atoms with Crippen LogP contribution in [0.15, 0.2) is 0 Å². The average Bonchev–Trinajstić information content (AvgIpc) is 2.90. The van der Waals surface area contributed by atoms with Crippen LogP contribution in [0.25, 0.3) is 0 Å². The molecule has 0 radical (unpaired) electrons. The summed E-state index contributed by atoms with van der Waals surface area (Å²) in [5.74, 6) is -0.151. The highest BCUT2D eigenvalue weighted by atomic mass is 32.1. The van der Waals surface area contributed by atoms with E-state index in [1.807, 2.05) is 0 Å². The van der Waals surface area contributed by atoms with Crippen molar-refractivity contribution in [1.82, 2.24) is 20.4 Å². The molecule has 3 rings (SSSR count). The Kier molecular flexibility index (Phi) is 2.71. The van der Waals surface area contributed by atoms with Gasteiger partial charge in [-0.2, -0.15) is 0 Å². The van der Waals surface area contributed by atoms with Crippen LogP contribution in [0.1, 0.15) is 29.1 Å². The number of rotatable bonds is 3. The number of anilines is 1. The van der Waals surface area contributed by atoms with Crippen LogP contribution in [0.3, 0.4) is 0 Å². The molecule has 1 aliphatic carbocycles. The van der Waals surface area contributed by atoms with Crippen molar-refractivity contribution in [2.75, 3.05) is 18.8 Å². The van der Waals surface area contributed by atoms with Crippen molar-refractivity contribution in [2.45, 2.75) is 31.3 Å². The topological polar surface area (TPSA) is 84.1 Å². The van der Waals surface area contributed by atoms with E-state index in [9.17, 15) is 4.79 Å². The van der Waals surface area contributed by atoms with Crippen LogP contribution < -0.4 is 11.1 Å². The minimum absolute atomic E-state index is 0.151. The molecule has 2 fully saturated rings. The summed E-state index contributed by atoms with van der Waals surface area (Å²) in [4.78, 5) is 14.3. The van der Waals surface area contributed by atoms with Gasteiger partial charge in [-0.25, -0.2) is 0 Å². The summed E-state index contributed by atoms with van der Waals surface area (Å²) in [7, 11) is 0. The van der Waals surface area contributed by atoms with Gasteiger partial charge in [-0.3, -0.25) is 9.69 Å². The summed E-state index contributed by atoms with van der Waals surface area (Å²) in [6.07, 6.45) is 3.65. The Morgan fingerprint density at radius 1 is 1.41 bits per heavy atom. The quantitative estimate of drug-likeness (QED) is 0.797. The molecule has 0 aromatic carbocycles. The van der Waals surface area contributed by atoms with E-state index in [0.717, 1.165) is 36.9 Å². The minimum atomic E-state index is -0.151. The number of nitrogens with one attached hydrogen (secondary N) is 1. The predicted octanol–water partition coefficient (Wildman–Crippen LogP) is 0.0868. The van der Waals surface area contributed by atoms with Gasteiger partial charge in [-0.1, -0.05) is 11.3 Å². The predicted molar refractivity (Wildman–Crippen MR) is 64.8 cm³/mol. The van der Waals surface area contributed by atoms with Crippen molar-refractivity contribution in [3.63, 3.8) is 0 Å². The van der Waals surface area contributed by atoms with Gasteiger partial charge in [0, 0.05) is 25.2 Å². The van der Waals surface area contributed by atoms with E-state index in [0.29, 0.717) is 10.1 Å². The molecule has 1 saturated carbocycles. The van der Waals surface area contributed by atoms with Gasteiger partial charge in [-0.05, 0) is 19.3 Å². The fourth-order valence-corrected chi connectivity index (χ4v) is 2.76. The van der Waals surface area contributed by atoms with Gasteiger partial charge in [0.25, 0.3) is 5.91 Å². The van der Waals surface area contributed by atoms with E-state index < -0.39 is 0 Å². The number of aromatic nitrogens is 2. The standard InChI is InChI=1S/C10H15N5OS/c11-10-14-13-9(17-10)8(16)12-6-3-4-15(5-6)7-1-2-7/h6-7H,1-5H2,(H2,11,14)(H,12,16). The molecule has 2 aliphatic rings. The zero-order valence-corrected chi connectivity index (χ0v) is 10.2. The first-order valence-electron chi connectivity index (χ1n) is 5.86. The molecule has 0 spiro atoms. The SMILES string of the molecule is Nc1nnc(C(=O)NC2CCN(C3CC3)C2)s1. The van der Waals surface area contributed by atoms with Gasteiger partial charge >= 0.3 is 0 Å². The molecule has 1 amide bonds. The summed E-state index contributed by atoms with van der Waals surface area (Å²) in [6.45, 7) is 2.05. The third kappa shape index (κ3) is 2.39. The third-order valence-corrected chi connectivity index (χ3v) is 4.00. The van der Waals surface area contributed by atoms with Crippen LogP contribution in [0.5, 0.6) is 0 Å². The lowest BCUT2D eigenvalue weighted by Gasteiger charge is -2.14. The average molecular weight is 253 g/mol. The van der Waals surface area contributed by atoms with Gasteiger partial charge in [-0.15, -0.1) is 10.2 Å². The van der Waals surface area contributed by atoms with Crippen molar-refractivity contribution in [1.29, 1.82) is 0 Å². The number of amides is 1. The number of carbonyl (C=O) groups is 1. The van der Waals surface area contributed by atoms with E-state index in [1.165, 1.54) is 12.8 Å².